The zero-order chi connectivity index (χ0) is 20.4. The van der Waals surface area contributed by atoms with E-state index in [1.54, 1.807) is 18.2 Å². The van der Waals surface area contributed by atoms with Gasteiger partial charge in [0.25, 0.3) is 0 Å². The van der Waals surface area contributed by atoms with Gasteiger partial charge in [-0.3, -0.25) is 0 Å². The quantitative estimate of drug-likeness (QED) is 0.735. The van der Waals surface area contributed by atoms with Crippen molar-refractivity contribution in [2.45, 2.75) is 37.1 Å². The van der Waals surface area contributed by atoms with E-state index < -0.39 is 10.0 Å². The second-order valence-corrected chi connectivity index (χ2v) is 10.0. The van der Waals surface area contributed by atoms with Gasteiger partial charge < -0.3 is 9.80 Å². The molecule has 3 heterocycles. The molecule has 9 heteroatoms. The monoisotopic (exact) mass is 435 g/mol. The van der Waals surface area contributed by atoms with E-state index in [0.717, 1.165) is 18.2 Å². The molecule has 0 spiro atoms. The summed E-state index contributed by atoms with van der Waals surface area (Å²) in [6.07, 6.45) is 3.65. The number of aromatic nitrogens is 2. The van der Waals surface area contributed by atoms with Crippen LogP contribution >= 0.6 is 11.6 Å². The molecule has 0 bridgehead atoms. The maximum Gasteiger partial charge on any atom is 0.243 e. The number of anilines is 2. The Kier molecular flexibility index (Phi) is 5.94. The highest BCUT2D eigenvalue weighted by Crippen LogP contribution is 2.25. The Morgan fingerprint density at radius 1 is 0.966 bits per heavy atom. The zero-order valence-electron chi connectivity index (χ0n) is 16.5. The van der Waals surface area contributed by atoms with E-state index >= 15 is 0 Å². The van der Waals surface area contributed by atoms with E-state index in [1.165, 1.54) is 29.6 Å². The zero-order valence-corrected chi connectivity index (χ0v) is 18.1. The molecule has 29 heavy (non-hydrogen) atoms. The van der Waals surface area contributed by atoms with Crippen LogP contribution in [0.1, 0.15) is 26.2 Å². The maximum atomic E-state index is 12.8. The van der Waals surface area contributed by atoms with Crippen molar-refractivity contribution in [1.82, 2.24) is 14.5 Å². The average molecular weight is 436 g/mol. The van der Waals surface area contributed by atoms with Gasteiger partial charge in [-0.2, -0.15) is 4.31 Å². The summed E-state index contributed by atoms with van der Waals surface area (Å²) in [4.78, 5) is 4.63. The largest absolute Gasteiger partial charge is 0.352 e. The predicted molar refractivity (Wildman–Crippen MR) is 115 cm³/mol. The highest BCUT2D eigenvalue weighted by molar-refractivity contribution is 7.89. The minimum atomic E-state index is -3.54. The Hall–Kier alpha value is -1.90. The Labute approximate surface area is 177 Å². The van der Waals surface area contributed by atoms with E-state index in [0.29, 0.717) is 37.2 Å². The molecule has 2 aromatic rings. The lowest BCUT2D eigenvalue weighted by atomic mass is 10.0. The van der Waals surface area contributed by atoms with E-state index in [-0.39, 0.29) is 4.90 Å². The van der Waals surface area contributed by atoms with Gasteiger partial charge in [-0.05, 0) is 56.5 Å². The van der Waals surface area contributed by atoms with E-state index in [2.05, 4.69) is 26.9 Å². The van der Waals surface area contributed by atoms with Crippen LogP contribution in [0.4, 0.5) is 11.6 Å². The Bertz CT molecular complexity index is 946. The summed E-state index contributed by atoms with van der Waals surface area (Å²) in [5, 5.41) is 9.28. The maximum absolute atomic E-state index is 12.8. The van der Waals surface area contributed by atoms with Gasteiger partial charge in [-0.25, -0.2) is 8.42 Å². The molecule has 7 nitrogen and oxygen atoms in total. The molecule has 0 radical (unpaired) electrons. The van der Waals surface area contributed by atoms with Crippen molar-refractivity contribution in [2.75, 3.05) is 42.5 Å². The smallest absolute Gasteiger partial charge is 0.243 e. The summed E-state index contributed by atoms with van der Waals surface area (Å²) >= 11 is 5.96. The topological polar surface area (TPSA) is 69.6 Å². The summed E-state index contributed by atoms with van der Waals surface area (Å²) in [6.45, 7) is 5.22. The number of rotatable bonds is 4. The van der Waals surface area contributed by atoms with Gasteiger partial charge in [0, 0.05) is 43.8 Å². The van der Waals surface area contributed by atoms with Crippen molar-refractivity contribution in [1.29, 1.82) is 0 Å². The first kappa shape index (κ1) is 20.4. The highest BCUT2D eigenvalue weighted by atomic mass is 35.5. The summed E-state index contributed by atoms with van der Waals surface area (Å²) in [5.74, 6) is 1.71. The van der Waals surface area contributed by atoms with Crippen molar-refractivity contribution >= 4 is 33.3 Å². The second-order valence-electron chi connectivity index (χ2n) is 7.64. The summed E-state index contributed by atoms with van der Waals surface area (Å²) in [5.41, 5.74) is 0. The fourth-order valence-corrected chi connectivity index (χ4v) is 5.74. The summed E-state index contributed by atoms with van der Waals surface area (Å²) < 4.78 is 27.2. The van der Waals surface area contributed by atoms with Gasteiger partial charge in [0.05, 0.1) is 4.90 Å². The minimum Gasteiger partial charge on any atom is -0.352 e. The van der Waals surface area contributed by atoms with Crippen molar-refractivity contribution < 1.29 is 8.42 Å². The van der Waals surface area contributed by atoms with E-state index in [9.17, 15) is 8.42 Å². The number of sulfonamides is 1. The van der Waals surface area contributed by atoms with Crippen LogP contribution in [0, 0.1) is 0 Å². The van der Waals surface area contributed by atoms with Crippen LogP contribution in [0.15, 0.2) is 41.3 Å². The van der Waals surface area contributed by atoms with Crippen LogP contribution in [-0.2, 0) is 10.0 Å². The Morgan fingerprint density at radius 3 is 2.34 bits per heavy atom. The molecule has 0 unspecified atom stereocenters. The molecular weight excluding hydrogens is 410 g/mol. The van der Waals surface area contributed by atoms with Gasteiger partial charge in [0.1, 0.15) is 0 Å². The average Bonchev–Trinajstić information content (AvgIpc) is 2.74. The standard InChI is InChI=1S/C20H26ClN5O2S/c1-16-5-2-3-10-26(16)20-9-8-19(22-23-20)24-11-13-25(14-12-24)29(27,28)18-7-4-6-17(21)15-18/h4,6-9,15-16H,2-3,5,10-14H2,1H3/t16-/m0/s1. The SMILES string of the molecule is C[C@H]1CCCCN1c1ccc(N2CCN(S(=O)(=O)c3cccc(Cl)c3)CC2)nn1. The lowest BCUT2D eigenvalue weighted by molar-refractivity contribution is 0.383. The minimum absolute atomic E-state index is 0.234. The normalized spacial score (nSPS) is 21.4. The molecule has 0 aliphatic carbocycles. The van der Waals surface area contributed by atoms with Crippen molar-refractivity contribution in [3.05, 3.63) is 41.4 Å². The predicted octanol–water partition coefficient (Wildman–Crippen LogP) is 3.02. The van der Waals surface area contributed by atoms with Crippen LogP contribution in [0.2, 0.25) is 5.02 Å². The molecule has 1 aromatic heterocycles. The third-order valence-corrected chi connectivity index (χ3v) is 7.86. The van der Waals surface area contributed by atoms with E-state index in [4.69, 9.17) is 11.6 Å². The second kappa shape index (κ2) is 8.45. The number of hydrogen-bond donors (Lipinski definition) is 0. The first-order valence-corrected chi connectivity index (χ1v) is 11.9. The number of halogens is 1. The fraction of sp³-hybridized carbons (Fsp3) is 0.500. The van der Waals surface area contributed by atoms with E-state index in [1.807, 2.05) is 12.1 Å². The van der Waals surface area contributed by atoms with Gasteiger partial charge >= 0.3 is 0 Å². The lowest BCUT2D eigenvalue weighted by Crippen LogP contribution is -2.49. The molecule has 2 aliphatic rings. The number of hydrogen-bond acceptors (Lipinski definition) is 6. The number of piperazine rings is 1. The third kappa shape index (κ3) is 4.34. The Balaban J connectivity index is 1.40. The molecule has 2 aliphatic heterocycles. The first-order chi connectivity index (χ1) is 13.9. The van der Waals surface area contributed by atoms with Gasteiger partial charge in [0.15, 0.2) is 11.6 Å². The van der Waals surface area contributed by atoms with Crippen molar-refractivity contribution in [3.63, 3.8) is 0 Å². The number of nitrogens with zero attached hydrogens (tertiary/aromatic N) is 5. The van der Waals surface area contributed by atoms with Gasteiger partial charge in [-0.15, -0.1) is 10.2 Å². The highest BCUT2D eigenvalue weighted by Gasteiger charge is 2.29. The van der Waals surface area contributed by atoms with Gasteiger partial charge in [0.2, 0.25) is 10.0 Å². The van der Waals surface area contributed by atoms with Crippen LogP contribution in [0.25, 0.3) is 0 Å². The molecule has 0 N–H and O–H groups in total. The molecule has 2 fully saturated rings. The molecule has 1 atom stereocenters. The summed E-state index contributed by atoms with van der Waals surface area (Å²) in [6, 6.07) is 10.9. The van der Waals surface area contributed by atoms with Crippen molar-refractivity contribution in [3.8, 4) is 0 Å². The molecule has 0 saturated carbocycles. The first-order valence-electron chi connectivity index (χ1n) is 10.1. The van der Waals surface area contributed by atoms with Crippen LogP contribution in [0.5, 0.6) is 0 Å². The third-order valence-electron chi connectivity index (χ3n) is 5.73. The van der Waals surface area contributed by atoms with Crippen molar-refractivity contribution in [2.24, 2.45) is 0 Å². The lowest BCUT2D eigenvalue weighted by Gasteiger charge is -2.35. The van der Waals surface area contributed by atoms with Crippen LogP contribution in [0.3, 0.4) is 0 Å². The molecule has 0 amide bonds. The number of benzene rings is 1. The fourth-order valence-electron chi connectivity index (χ4n) is 4.01. The summed E-state index contributed by atoms with van der Waals surface area (Å²) in [7, 11) is -3.54. The molecule has 156 valence electrons. The van der Waals surface area contributed by atoms with Crippen LogP contribution in [-0.4, -0.2) is 61.7 Å². The molecule has 2 saturated heterocycles. The molecule has 4 rings (SSSR count). The number of piperidine rings is 1. The van der Waals surface area contributed by atoms with Crippen LogP contribution < -0.4 is 9.80 Å². The Morgan fingerprint density at radius 2 is 1.69 bits per heavy atom. The molecule has 1 aromatic carbocycles. The van der Waals surface area contributed by atoms with Gasteiger partial charge in [-0.1, -0.05) is 17.7 Å². The molecular formula is C20H26ClN5O2S.